The molecule has 3 amide bonds. The smallest absolute Gasteiger partial charge is 0.491 e. The lowest BCUT2D eigenvalue weighted by Crippen LogP contribution is -2.57. The molecule has 0 aromatic heterocycles. The van der Waals surface area contributed by atoms with Gasteiger partial charge in [-0.3, -0.25) is 28.8 Å². The van der Waals surface area contributed by atoms with Gasteiger partial charge in [0.1, 0.15) is 17.2 Å². The maximum absolute atomic E-state index is 14.6. The number of hydrogen-bond acceptors (Lipinski definition) is 16. The zero-order valence-electron chi connectivity index (χ0n) is 51.1. The van der Waals surface area contributed by atoms with Crippen molar-refractivity contribution in [1.82, 2.24) is 0 Å². The molecule has 0 aliphatic heterocycles. The summed E-state index contributed by atoms with van der Waals surface area (Å²) in [4.78, 5) is 98.8. The normalized spacial score (nSPS) is 13.6. The number of ketones is 3. The number of nitrogens with one attached hydrogen (secondary N) is 3. The highest BCUT2D eigenvalue weighted by Gasteiger charge is 2.46. The minimum atomic E-state index is -5.26. The van der Waals surface area contributed by atoms with Gasteiger partial charge in [-0.25, -0.2) is 4.79 Å². The number of ether oxygens (including phenoxy) is 1. The van der Waals surface area contributed by atoms with Gasteiger partial charge >= 0.3 is 12.1 Å². The zero-order valence-corrected chi connectivity index (χ0v) is 51.1. The molecule has 9 rings (SSSR count). The molecule has 0 unspecified atom stereocenters. The standard InChI is InChI=1S/C72H72F3N9O10/c73-72(74,75)68(93)94-54-30-33-57-48(42-54)12-9-15-60(57)64(89)71(81,36-3-6-39-78)67(92)84-51-26-20-45(21-27-51)61(43-16-22-49(23-17-43)82-65(90)69(79,34-1-4-37-76)62(87)58-13-7-10-46-40-52(85)28-31-55(46)58)44-18-24-50(25-19-44)83-66(91)70(80,35-2-5-38-77)63(88)59-14-8-11-47-41-53(86)29-32-56(47)59/h7-33,40-42,61,85-86H,1-6,34-39,76-81H2,(H,82,90)(H,83,91)(H,84,92)/t69-,70-,71-/m1/s1. The van der Waals surface area contributed by atoms with Crippen LogP contribution in [0.25, 0.3) is 32.3 Å². The van der Waals surface area contributed by atoms with Crippen molar-refractivity contribution in [3.63, 3.8) is 0 Å². The Hall–Kier alpha value is -10.2. The number of aromatic hydroxyl groups is 2. The number of carbonyl (C=O) groups is 7. The lowest BCUT2D eigenvalue weighted by molar-refractivity contribution is -0.189. The van der Waals surface area contributed by atoms with E-state index in [0.29, 0.717) is 94.8 Å². The van der Waals surface area contributed by atoms with Crippen LogP contribution in [0.3, 0.4) is 0 Å². The largest absolute Gasteiger partial charge is 0.508 e. The molecule has 19 nitrogen and oxygen atoms in total. The molecule has 3 atom stereocenters. The molecule has 0 saturated carbocycles. The maximum atomic E-state index is 14.6. The highest BCUT2D eigenvalue weighted by atomic mass is 19.4. The number of Topliss-reactive ketones (excluding diaryl/α,β-unsaturated/α-hetero) is 3. The Balaban J connectivity index is 1.03. The van der Waals surface area contributed by atoms with Gasteiger partial charge in [-0.2, -0.15) is 13.2 Å². The summed E-state index contributed by atoms with van der Waals surface area (Å²) in [5, 5.41) is 31.5. The molecule has 0 aliphatic carbocycles. The summed E-state index contributed by atoms with van der Waals surface area (Å²) in [7, 11) is 0. The van der Waals surface area contributed by atoms with E-state index in [0.717, 1.165) is 12.1 Å². The van der Waals surface area contributed by atoms with Crippen LogP contribution < -0.4 is 55.1 Å². The molecule has 0 aliphatic rings. The third kappa shape index (κ3) is 15.0. The third-order valence-corrected chi connectivity index (χ3v) is 16.8. The van der Waals surface area contributed by atoms with Crippen molar-refractivity contribution in [1.29, 1.82) is 0 Å². The second-order valence-electron chi connectivity index (χ2n) is 23.3. The van der Waals surface area contributed by atoms with E-state index < -0.39 is 75.5 Å². The molecule has 0 spiro atoms. The molecule has 17 N–H and O–H groups in total. The van der Waals surface area contributed by atoms with E-state index in [2.05, 4.69) is 20.7 Å². The predicted molar refractivity (Wildman–Crippen MR) is 355 cm³/mol. The average Bonchev–Trinajstić information content (AvgIpc) is 0.791. The lowest BCUT2D eigenvalue weighted by Gasteiger charge is -2.28. The first-order valence-corrected chi connectivity index (χ1v) is 30.5. The Morgan fingerprint density at radius 1 is 0.404 bits per heavy atom. The average molecular weight is 1280 g/mol. The monoisotopic (exact) mass is 1280 g/mol. The van der Waals surface area contributed by atoms with Crippen molar-refractivity contribution >= 4 is 90.4 Å². The zero-order chi connectivity index (χ0) is 67.5. The highest BCUT2D eigenvalue weighted by molar-refractivity contribution is 6.26. The SMILES string of the molecule is NCCCC[C@](N)(C(=O)Nc1ccc(C(c2ccc(NC(=O)[C@@](N)(CCCCN)C(=O)c3cccc4cc(O)ccc34)cc2)c2ccc(NC(=O)[C@@](N)(CCCCN)C(=O)c3cccc4cc(OC(=O)C(F)(F)F)ccc34)cc2)cc1)C(=O)c1cccc2cc(O)ccc12. The number of phenols is 2. The van der Waals surface area contributed by atoms with Gasteiger partial charge in [-0.05, 0) is 217 Å². The molecule has 0 heterocycles. The second-order valence-corrected chi connectivity index (χ2v) is 23.3. The minimum absolute atomic E-state index is 0.00403. The van der Waals surface area contributed by atoms with Gasteiger partial charge in [-0.15, -0.1) is 0 Å². The first-order chi connectivity index (χ1) is 44.9. The van der Waals surface area contributed by atoms with E-state index >= 15 is 0 Å². The molecular formula is C72H72F3N9O10. The van der Waals surface area contributed by atoms with Gasteiger partial charge in [0.05, 0.1) is 0 Å². The summed E-state index contributed by atoms with van der Waals surface area (Å²) in [5.41, 5.74) is 35.0. The molecule has 0 bridgehead atoms. The lowest BCUT2D eigenvalue weighted by atomic mass is 9.82. The van der Waals surface area contributed by atoms with Crippen LogP contribution in [0.5, 0.6) is 17.2 Å². The second kappa shape index (κ2) is 29.2. The Morgan fingerprint density at radius 3 is 1.02 bits per heavy atom. The number of benzene rings is 9. The Kier molecular flexibility index (Phi) is 21.2. The predicted octanol–water partition coefficient (Wildman–Crippen LogP) is 10.1. The molecular weight excluding hydrogens is 1210 g/mol. The van der Waals surface area contributed by atoms with Gasteiger partial charge in [0.15, 0.2) is 34.0 Å². The van der Waals surface area contributed by atoms with Gasteiger partial charge in [0.25, 0.3) is 17.7 Å². The van der Waals surface area contributed by atoms with E-state index in [9.17, 15) is 56.9 Å². The van der Waals surface area contributed by atoms with Gasteiger partial charge in [0, 0.05) is 39.7 Å². The number of fused-ring (bicyclic) bond motifs is 3. The van der Waals surface area contributed by atoms with Crippen LogP contribution in [0.1, 0.15) is 111 Å². The van der Waals surface area contributed by atoms with Crippen LogP contribution in [-0.4, -0.2) is 93.7 Å². The number of phenolic OH excluding ortho intramolecular Hbond substituents is 2. The topological polar surface area (TPSA) is 361 Å². The molecule has 94 heavy (non-hydrogen) atoms. The molecule has 22 heteroatoms. The number of unbranched alkanes of at least 4 members (excludes halogenated alkanes) is 3. The van der Waals surface area contributed by atoms with Crippen molar-refractivity contribution in [2.24, 2.45) is 34.4 Å². The van der Waals surface area contributed by atoms with E-state index in [1.807, 2.05) is 0 Å². The van der Waals surface area contributed by atoms with Crippen LogP contribution in [0, 0.1) is 0 Å². The first-order valence-electron chi connectivity index (χ1n) is 30.5. The van der Waals surface area contributed by atoms with Crippen LogP contribution in [0.15, 0.2) is 182 Å². The number of amides is 3. The fourth-order valence-electron chi connectivity index (χ4n) is 11.6. The Bertz CT molecular complexity index is 4150. The number of anilines is 3. The number of carbonyl (C=O) groups excluding carboxylic acids is 7. The summed E-state index contributed by atoms with van der Waals surface area (Å²) >= 11 is 0. The van der Waals surface area contributed by atoms with Crippen molar-refractivity contribution < 1.29 is 61.7 Å². The molecule has 0 fully saturated rings. The quantitative estimate of drug-likeness (QED) is 0.00542. The van der Waals surface area contributed by atoms with Crippen LogP contribution in [0.2, 0.25) is 0 Å². The Labute approximate surface area is 539 Å². The molecule has 0 saturated heterocycles. The fourth-order valence-corrected chi connectivity index (χ4v) is 11.6. The van der Waals surface area contributed by atoms with Crippen molar-refractivity contribution in [2.75, 3.05) is 35.6 Å². The number of rotatable bonds is 28. The van der Waals surface area contributed by atoms with Gasteiger partial charge in [0.2, 0.25) is 0 Å². The third-order valence-electron chi connectivity index (χ3n) is 16.8. The molecule has 9 aromatic rings. The van der Waals surface area contributed by atoms with Crippen LogP contribution in [-0.2, 0) is 19.2 Å². The summed E-state index contributed by atoms with van der Waals surface area (Å²) in [6.07, 6.45) is -3.12. The van der Waals surface area contributed by atoms with Crippen molar-refractivity contribution in [3.05, 3.63) is 215 Å². The number of nitrogens with two attached hydrogens (primary N) is 6. The van der Waals surface area contributed by atoms with Crippen LogP contribution >= 0.6 is 0 Å². The number of hydrogen-bond donors (Lipinski definition) is 11. The van der Waals surface area contributed by atoms with E-state index in [1.165, 1.54) is 48.5 Å². The highest BCUT2D eigenvalue weighted by Crippen LogP contribution is 2.37. The molecule has 486 valence electrons. The van der Waals surface area contributed by atoms with Crippen LogP contribution in [0.4, 0.5) is 30.2 Å². The van der Waals surface area contributed by atoms with E-state index in [4.69, 9.17) is 34.4 Å². The molecule has 9 aromatic carbocycles. The van der Waals surface area contributed by atoms with E-state index in [1.54, 1.807) is 121 Å². The van der Waals surface area contributed by atoms with Crippen molar-refractivity contribution in [2.45, 2.75) is 86.5 Å². The number of halogens is 3. The summed E-state index contributed by atoms with van der Waals surface area (Å²) in [6.45, 7) is 0.831. The fraction of sp³-hybridized carbons (Fsp3) is 0.236. The number of alkyl halides is 3. The first kappa shape index (κ1) is 68.2. The number of esters is 1. The molecule has 0 radical (unpaired) electrons. The van der Waals surface area contributed by atoms with Gasteiger partial charge < -0.3 is 65.3 Å². The maximum Gasteiger partial charge on any atom is 0.491 e. The summed E-state index contributed by atoms with van der Waals surface area (Å²) in [5.74, 6) is -7.95. The van der Waals surface area contributed by atoms with Crippen molar-refractivity contribution in [3.8, 4) is 17.2 Å². The Morgan fingerprint density at radius 2 is 0.713 bits per heavy atom. The summed E-state index contributed by atoms with van der Waals surface area (Å²) in [6, 6.07) is 47.3. The van der Waals surface area contributed by atoms with E-state index in [-0.39, 0.29) is 76.9 Å². The summed E-state index contributed by atoms with van der Waals surface area (Å²) < 4.78 is 43.7. The minimum Gasteiger partial charge on any atom is -0.508 e. The van der Waals surface area contributed by atoms with Gasteiger partial charge in [-0.1, -0.05) is 91.0 Å².